The molecule has 6 amide bonds. The molecule has 0 saturated heterocycles. The number of hydrogen-bond donors (Lipinski definition) is 5. The Balaban J connectivity index is 1.01. The van der Waals surface area contributed by atoms with E-state index in [1.165, 1.54) is 37.5 Å². The molecular weight excluding hydrogens is 979 g/mol. The third kappa shape index (κ3) is 15.6. The van der Waals surface area contributed by atoms with E-state index in [9.17, 15) is 43.2 Å². The Morgan fingerprint density at radius 3 is 1.93 bits per heavy atom. The summed E-state index contributed by atoms with van der Waals surface area (Å²) in [6, 6.07) is 13.9. The molecule has 2 aliphatic rings. The minimum atomic E-state index is -1.07. The molecule has 2 atom stereocenters. The number of rotatable bonds is 29. The number of carbonyl (C=O) groups is 9. The van der Waals surface area contributed by atoms with E-state index in [1.807, 2.05) is 12.1 Å². The number of anilines is 1. The van der Waals surface area contributed by atoms with Gasteiger partial charge in [-0.2, -0.15) is 0 Å². The first-order valence-corrected chi connectivity index (χ1v) is 25.1. The first kappa shape index (κ1) is 55.5. The molecule has 0 aliphatic carbocycles. The summed E-state index contributed by atoms with van der Waals surface area (Å²) in [5.74, 6) is -3.23. The summed E-state index contributed by atoms with van der Waals surface area (Å²) in [4.78, 5) is 113. The van der Waals surface area contributed by atoms with Gasteiger partial charge in [-0.25, -0.2) is 0 Å². The van der Waals surface area contributed by atoms with E-state index in [4.69, 9.17) is 29.2 Å². The molecule has 5 N–H and O–H groups in total. The fourth-order valence-corrected chi connectivity index (χ4v) is 9.07. The minimum Gasteiger partial charge on any atom is -0.493 e. The van der Waals surface area contributed by atoms with Crippen molar-refractivity contribution in [1.82, 2.24) is 20.4 Å². The van der Waals surface area contributed by atoms with E-state index in [-0.39, 0.29) is 93.8 Å². The predicted molar refractivity (Wildman–Crippen MR) is 271 cm³/mol. The molecule has 0 bridgehead atoms. The van der Waals surface area contributed by atoms with Gasteiger partial charge >= 0.3 is 11.9 Å². The number of Topliss-reactive ketones (excluding diaryl/α,β-unsaturated/α-hetero) is 1. The highest BCUT2D eigenvalue weighted by Crippen LogP contribution is 2.39. The van der Waals surface area contributed by atoms with Crippen LogP contribution in [0, 0.1) is 5.92 Å². The number of benzene rings is 3. The average Bonchev–Trinajstić information content (AvgIpc) is 4.08. The number of methoxy groups -OCH3 is 1. The smallest absolute Gasteiger partial charge is 0.303 e. The Bertz CT molecular complexity index is 2770. The van der Waals surface area contributed by atoms with Crippen molar-refractivity contribution in [3.05, 3.63) is 88.3 Å². The van der Waals surface area contributed by atoms with Crippen LogP contribution in [0.2, 0.25) is 0 Å². The van der Waals surface area contributed by atoms with Crippen LogP contribution in [0.4, 0.5) is 5.69 Å². The number of aliphatic carboxylic acids is 2. The molecule has 6 rings (SSSR count). The lowest BCUT2D eigenvalue weighted by molar-refractivity contribution is -0.141. The molecule has 3 heterocycles. The molecule has 74 heavy (non-hydrogen) atoms. The van der Waals surface area contributed by atoms with E-state index < -0.39 is 35.8 Å². The van der Waals surface area contributed by atoms with E-state index >= 15 is 0 Å². The highest BCUT2D eigenvalue weighted by Gasteiger charge is 2.29. The van der Waals surface area contributed by atoms with E-state index in [2.05, 4.69) is 16.0 Å². The van der Waals surface area contributed by atoms with Gasteiger partial charge in [0.2, 0.25) is 23.6 Å². The number of hydrogen-bond acceptors (Lipinski definition) is 14. The summed E-state index contributed by atoms with van der Waals surface area (Å²) in [6.07, 6.45) is 3.90. The first-order chi connectivity index (χ1) is 35.4. The molecule has 0 radical (unpaired) electrons. The van der Waals surface area contributed by atoms with Crippen molar-refractivity contribution in [2.24, 2.45) is 5.92 Å². The molecule has 0 spiro atoms. The maximum Gasteiger partial charge on any atom is 0.303 e. The molecule has 0 fully saturated rings. The van der Waals surface area contributed by atoms with Gasteiger partial charge in [0.1, 0.15) is 18.7 Å². The molecule has 21 heteroatoms. The number of imide groups is 1. The normalized spacial score (nSPS) is 13.6. The minimum absolute atomic E-state index is 0.0861. The lowest BCUT2D eigenvalue weighted by Crippen LogP contribution is -2.53. The van der Waals surface area contributed by atoms with Crippen molar-refractivity contribution in [3.63, 3.8) is 0 Å². The quantitative estimate of drug-likeness (QED) is 0.0231. The van der Waals surface area contributed by atoms with Crippen molar-refractivity contribution in [2.75, 3.05) is 32.2 Å². The van der Waals surface area contributed by atoms with Crippen molar-refractivity contribution >= 4 is 80.3 Å². The second kappa shape index (κ2) is 26.2. The number of ketones is 1. The zero-order chi connectivity index (χ0) is 53.5. The van der Waals surface area contributed by atoms with Crippen LogP contribution in [0.5, 0.6) is 23.0 Å². The number of amides is 6. The largest absolute Gasteiger partial charge is 0.493 e. The summed E-state index contributed by atoms with van der Waals surface area (Å²) >= 11 is 1.22. The summed E-state index contributed by atoms with van der Waals surface area (Å²) in [5, 5.41) is 27.1. The molecule has 2 aliphatic heterocycles. The van der Waals surface area contributed by atoms with Crippen LogP contribution in [0.15, 0.2) is 66.7 Å². The van der Waals surface area contributed by atoms with Crippen molar-refractivity contribution in [1.29, 1.82) is 0 Å². The lowest BCUT2D eigenvalue weighted by atomic mass is 10.0. The number of ether oxygens (including phenoxy) is 4. The van der Waals surface area contributed by atoms with Gasteiger partial charge in [-0.05, 0) is 84.2 Å². The standard InChI is InChI=1S/C53H61N5O15S/c1-31(2)51(56-45(60)9-6-5-7-20-58-47(62)15-16-48(58)63)53(69)54-32(3)52(68)55-37-12-10-33(11-13-37)30-73-42-27-43-34(26-44(74-43)38(59)14-18-49(64)65)23-41(42)72-22-8-21-71-40-25-36-29-57(46(61)17-19-50(66)67)28-35(36)24-39(40)70-4/h10-13,15-16,23-27,31-32,51H,5-9,14,17-22,28-30H2,1-4H3,(H,54,69)(H,55,68)(H,56,60)(H,64,65)(H,66,67)/t32-,51-/m0/s1. The van der Waals surface area contributed by atoms with Crippen molar-refractivity contribution < 1.29 is 72.3 Å². The van der Waals surface area contributed by atoms with Gasteiger partial charge in [-0.15, -0.1) is 11.3 Å². The van der Waals surface area contributed by atoms with E-state index in [0.717, 1.165) is 26.3 Å². The Morgan fingerprint density at radius 2 is 1.30 bits per heavy atom. The Kier molecular flexibility index (Phi) is 19.7. The average molecular weight is 1040 g/mol. The number of carbonyl (C=O) groups excluding carboxylic acids is 7. The van der Waals surface area contributed by atoms with Crippen LogP contribution in [0.1, 0.15) is 105 Å². The first-order valence-electron chi connectivity index (χ1n) is 24.3. The van der Waals surface area contributed by atoms with Crippen LogP contribution < -0.4 is 34.9 Å². The highest BCUT2D eigenvalue weighted by atomic mass is 32.1. The number of unbranched alkanes of at least 4 members (excludes halogenated alkanes) is 2. The van der Waals surface area contributed by atoms with Crippen LogP contribution >= 0.6 is 11.3 Å². The van der Waals surface area contributed by atoms with Crippen molar-refractivity contribution in [2.45, 2.75) is 110 Å². The second-order valence-electron chi connectivity index (χ2n) is 18.2. The summed E-state index contributed by atoms with van der Waals surface area (Å²) < 4.78 is 24.9. The van der Waals surface area contributed by atoms with Gasteiger partial charge in [-0.3, -0.25) is 48.1 Å². The predicted octanol–water partition coefficient (Wildman–Crippen LogP) is 6.16. The van der Waals surface area contributed by atoms with Crippen LogP contribution in [-0.2, 0) is 58.1 Å². The summed E-state index contributed by atoms with van der Waals surface area (Å²) in [6.45, 7) is 6.55. The van der Waals surface area contributed by atoms with Gasteiger partial charge in [0, 0.05) is 73.9 Å². The Morgan fingerprint density at radius 1 is 0.676 bits per heavy atom. The van der Waals surface area contributed by atoms with Gasteiger partial charge in [0.05, 0.1) is 38.0 Å². The molecular formula is C53H61N5O15S. The summed E-state index contributed by atoms with van der Waals surface area (Å²) in [7, 11) is 1.52. The fourth-order valence-electron chi connectivity index (χ4n) is 8.03. The van der Waals surface area contributed by atoms with Gasteiger partial charge < -0.3 is 50.0 Å². The number of carboxylic acids is 2. The molecule has 1 aromatic heterocycles. The number of thiophene rings is 1. The Hall–Kier alpha value is -7.81. The monoisotopic (exact) mass is 1040 g/mol. The van der Waals surface area contributed by atoms with Crippen molar-refractivity contribution in [3.8, 4) is 23.0 Å². The third-order valence-corrected chi connectivity index (χ3v) is 13.3. The van der Waals surface area contributed by atoms with Gasteiger partial charge in [-0.1, -0.05) is 32.4 Å². The molecule has 3 aromatic carbocycles. The van der Waals surface area contributed by atoms with Crippen LogP contribution in [0.3, 0.4) is 0 Å². The number of nitrogens with one attached hydrogen (secondary N) is 3. The maximum absolute atomic E-state index is 13.3. The zero-order valence-electron chi connectivity index (χ0n) is 41.7. The second-order valence-corrected chi connectivity index (χ2v) is 19.3. The zero-order valence-corrected chi connectivity index (χ0v) is 42.5. The molecule has 0 saturated carbocycles. The van der Waals surface area contributed by atoms with Crippen LogP contribution in [0.25, 0.3) is 10.1 Å². The summed E-state index contributed by atoms with van der Waals surface area (Å²) in [5.41, 5.74) is 2.95. The third-order valence-electron chi connectivity index (χ3n) is 12.2. The van der Waals surface area contributed by atoms with Gasteiger partial charge in [0.15, 0.2) is 28.8 Å². The van der Waals surface area contributed by atoms with E-state index in [1.54, 1.807) is 61.2 Å². The number of fused-ring (bicyclic) bond motifs is 2. The maximum atomic E-state index is 13.3. The fraction of sp³-hybridized carbons (Fsp3) is 0.415. The lowest BCUT2D eigenvalue weighted by Gasteiger charge is -2.24. The number of nitrogens with zero attached hydrogens (tertiary/aromatic N) is 2. The van der Waals surface area contributed by atoms with Gasteiger partial charge in [0.25, 0.3) is 11.8 Å². The number of carboxylic acid groups (broad SMARTS) is 2. The molecule has 4 aromatic rings. The molecule has 0 unspecified atom stereocenters. The van der Waals surface area contributed by atoms with Crippen LogP contribution in [-0.4, -0.2) is 112 Å². The SMILES string of the molecule is COc1cc2c(cc1OCCCOc1cc3cc(C(=O)CCC(=O)O)sc3cc1OCc1ccc(NC(=O)[C@H](C)NC(=O)[C@@H](NC(=O)CCCCCN3C(=O)C=CC3=O)C(C)C)cc1)CN(C(=O)CCC(=O)O)C2. The highest BCUT2D eigenvalue weighted by molar-refractivity contribution is 7.20. The van der Waals surface area contributed by atoms with E-state index in [0.29, 0.717) is 77.7 Å². The Labute approximate surface area is 431 Å². The topological polar surface area (TPSA) is 274 Å². The molecule has 394 valence electrons. The molecule has 20 nitrogen and oxygen atoms in total.